The molecule has 1 aliphatic rings. The molecule has 0 saturated carbocycles. The van der Waals surface area contributed by atoms with Crippen molar-refractivity contribution in [3.63, 3.8) is 0 Å². The van der Waals surface area contributed by atoms with Crippen LogP contribution in [0.2, 0.25) is 0 Å². The summed E-state index contributed by atoms with van der Waals surface area (Å²) in [6.07, 6.45) is 1.86. The molecule has 4 heteroatoms. The molecule has 0 amide bonds. The minimum absolute atomic E-state index is 0.0794. The maximum absolute atomic E-state index is 11.8. The lowest BCUT2D eigenvalue weighted by atomic mass is 9.84. The minimum atomic E-state index is -0.837. The Hall–Kier alpha value is -0.900. The summed E-state index contributed by atoms with van der Waals surface area (Å²) in [4.78, 5) is 22.9. The maximum Gasteiger partial charge on any atom is 0.305 e. The molecule has 16 heavy (non-hydrogen) atoms. The van der Waals surface area contributed by atoms with Gasteiger partial charge in [-0.3, -0.25) is 9.59 Å². The van der Waals surface area contributed by atoms with E-state index in [0.717, 1.165) is 6.42 Å². The van der Waals surface area contributed by atoms with Gasteiger partial charge in [0.25, 0.3) is 0 Å². The summed E-state index contributed by atoms with van der Waals surface area (Å²) in [6.45, 7) is 5.70. The zero-order valence-corrected chi connectivity index (χ0v) is 10.5. The summed E-state index contributed by atoms with van der Waals surface area (Å²) in [5.74, 6) is -0.225. The van der Waals surface area contributed by atoms with Crippen LogP contribution in [0.4, 0.5) is 0 Å². The van der Waals surface area contributed by atoms with Gasteiger partial charge >= 0.3 is 5.97 Å². The highest BCUT2D eigenvalue weighted by atomic mass is 16.5. The van der Waals surface area contributed by atoms with E-state index < -0.39 is 5.60 Å². The number of methoxy groups -OCH3 is 1. The molecule has 1 fully saturated rings. The predicted octanol–water partition coefficient (Wildman–Crippen LogP) is 1.86. The van der Waals surface area contributed by atoms with Crippen molar-refractivity contribution in [3.8, 4) is 0 Å². The molecular weight excluding hydrogens is 208 g/mol. The quantitative estimate of drug-likeness (QED) is 0.692. The molecule has 0 unspecified atom stereocenters. The van der Waals surface area contributed by atoms with Crippen molar-refractivity contribution in [1.29, 1.82) is 0 Å². The molecular formula is C12H20O4. The van der Waals surface area contributed by atoms with Crippen LogP contribution in [0.15, 0.2) is 0 Å². The number of ether oxygens (including phenoxy) is 2. The van der Waals surface area contributed by atoms with Crippen LogP contribution in [-0.4, -0.2) is 30.1 Å². The Labute approximate surface area is 96.3 Å². The third kappa shape index (κ3) is 3.04. The van der Waals surface area contributed by atoms with Crippen LogP contribution in [-0.2, 0) is 19.1 Å². The second-order valence-corrected chi connectivity index (χ2v) is 5.09. The van der Waals surface area contributed by atoms with Crippen LogP contribution in [0.1, 0.15) is 46.5 Å². The van der Waals surface area contributed by atoms with E-state index in [0.29, 0.717) is 12.8 Å². The van der Waals surface area contributed by atoms with Gasteiger partial charge in [0, 0.05) is 12.8 Å². The van der Waals surface area contributed by atoms with Crippen LogP contribution in [0.5, 0.6) is 0 Å². The number of carbonyl (C=O) groups excluding carboxylic acids is 2. The average molecular weight is 228 g/mol. The highest BCUT2D eigenvalue weighted by molar-refractivity contribution is 5.88. The standard InChI is InChI=1S/C12H20O4/c1-11(2)7-5-9(13)12(3,16-11)8-6-10(14)15-4/h5-8H2,1-4H3/t12-/m1/s1. The van der Waals surface area contributed by atoms with Gasteiger partial charge < -0.3 is 9.47 Å². The monoisotopic (exact) mass is 228 g/mol. The fourth-order valence-corrected chi connectivity index (χ4v) is 2.03. The molecule has 4 nitrogen and oxygen atoms in total. The number of hydrogen-bond acceptors (Lipinski definition) is 4. The molecule has 0 aliphatic carbocycles. The molecule has 0 aromatic rings. The molecule has 0 aromatic heterocycles. The molecule has 0 N–H and O–H groups in total. The smallest absolute Gasteiger partial charge is 0.305 e. The summed E-state index contributed by atoms with van der Waals surface area (Å²) in [6, 6.07) is 0. The van der Waals surface area contributed by atoms with Crippen LogP contribution in [0, 0.1) is 0 Å². The number of rotatable bonds is 3. The van der Waals surface area contributed by atoms with Crippen molar-refractivity contribution in [3.05, 3.63) is 0 Å². The summed E-state index contributed by atoms with van der Waals surface area (Å²) >= 11 is 0. The van der Waals surface area contributed by atoms with Crippen molar-refractivity contribution in [2.45, 2.75) is 57.7 Å². The van der Waals surface area contributed by atoms with Gasteiger partial charge in [0.15, 0.2) is 5.78 Å². The van der Waals surface area contributed by atoms with Crippen molar-refractivity contribution in [2.75, 3.05) is 7.11 Å². The van der Waals surface area contributed by atoms with Gasteiger partial charge in [0.1, 0.15) is 5.60 Å². The van der Waals surface area contributed by atoms with Crippen LogP contribution < -0.4 is 0 Å². The molecule has 0 aromatic carbocycles. The summed E-state index contributed by atoms with van der Waals surface area (Å²) in [5.41, 5.74) is -1.13. The largest absolute Gasteiger partial charge is 0.469 e. The fraction of sp³-hybridized carbons (Fsp3) is 0.833. The summed E-state index contributed by atoms with van der Waals surface area (Å²) in [7, 11) is 1.35. The first-order chi connectivity index (χ1) is 7.29. The second kappa shape index (κ2) is 4.53. The highest BCUT2D eigenvalue weighted by Crippen LogP contribution is 2.35. The lowest BCUT2D eigenvalue weighted by Gasteiger charge is -2.42. The van der Waals surface area contributed by atoms with Gasteiger partial charge in [0.2, 0.25) is 0 Å². The number of Topliss-reactive ketones (excluding diaryl/α,β-unsaturated/α-hetero) is 1. The second-order valence-electron chi connectivity index (χ2n) is 5.09. The number of esters is 1. The normalized spacial score (nSPS) is 28.9. The Kier molecular flexibility index (Phi) is 3.73. The molecule has 1 saturated heterocycles. The van der Waals surface area contributed by atoms with Gasteiger partial charge in [-0.15, -0.1) is 0 Å². The lowest BCUT2D eigenvalue weighted by Crippen LogP contribution is -2.50. The van der Waals surface area contributed by atoms with E-state index in [2.05, 4.69) is 4.74 Å². The van der Waals surface area contributed by atoms with E-state index >= 15 is 0 Å². The van der Waals surface area contributed by atoms with Gasteiger partial charge in [-0.25, -0.2) is 0 Å². The Morgan fingerprint density at radius 3 is 2.62 bits per heavy atom. The summed E-state index contributed by atoms with van der Waals surface area (Å²) < 4.78 is 10.4. The zero-order valence-electron chi connectivity index (χ0n) is 10.5. The molecule has 92 valence electrons. The molecule has 1 heterocycles. The fourth-order valence-electron chi connectivity index (χ4n) is 2.03. The van der Waals surface area contributed by atoms with E-state index in [1.807, 2.05) is 13.8 Å². The topological polar surface area (TPSA) is 52.6 Å². The van der Waals surface area contributed by atoms with Crippen LogP contribution in [0.25, 0.3) is 0 Å². The molecule has 1 atom stereocenters. The van der Waals surface area contributed by atoms with E-state index in [4.69, 9.17) is 4.74 Å². The van der Waals surface area contributed by atoms with Gasteiger partial charge in [-0.1, -0.05) is 0 Å². The average Bonchev–Trinajstić information content (AvgIpc) is 2.20. The summed E-state index contributed by atoms with van der Waals surface area (Å²) in [5, 5.41) is 0. The first kappa shape index (κ1) is 13.2. The highest BCUT2D eigenvalue weighted by Gasteiger charge is 2.43. The zero-order chi connectivity index (χ0) is 12.4. The van der Waals surface area contributed by atoms with Crippen molar-refractivity contribution >= 4 is 11.8 Å². The Balaban J connectivity index is 2.65. The molecule has 0 radical (unpaired) electrons. The number of ketones is 1. The minimum Gasteiger partial charge on any atom is -0.469 e. The van der Waals surface area contributed by atoms with E-state index in [1.165, 1.54) is 7.11 Å². The SMILES string of the molecule is COC(=O)CC[C@@]1(C)OC(C)(C)CCC1=O. The maximum atomic E-state index is 11.8. The van der Waals surface area contributed by atoms with Crippen LogP contribution >= 0.6 is 0 Å². The van der Waals surface area contributed by atoms with Crippen molar-refractivity contribution in [2.24, 2.45) is 0 Å². The Morgan fingerprint density at radius 2 is 2.06 bits per heavy atom. The molecule has 0 spiro atoms. The molecule has 1 aliphatic heterocycles. The van der Waals surface area contributed by atoms with Crippen molar-refractivity contribution in [1.82, 2.24) is 0 Å². The van der Waals surface area contributed by atoms with Gasteiger partial charge in [-0.2, -0.15) is 0 Å². The lowest BCUT2D eigenvalue weighted by molar-refractivity contribution is -0.183. The van der Waals surface area contributed by atoms with Gasteiger partial charge in [0.05, 0.1) is 12.7 Å². The third-order valence-corrected chi connectivity index (χ3v) is 3.08. The van der Waals surface area contributed by atoms with Crippen molar-refractivity contribution < 1.29 is 19.1 Å². The molecule has 1 rings (SSSR count). The van der Waals surface area contributed by atoms with E-state index in [-0.39, 0.29) is 23.8 Å². The third-order valence-electron chi connectivity index (χ3n) is 3.08. The number of carbonyl (C=O) groups is 2. The van der Waals surface area contributed by atoms with Crippen LogP contribution in [0.3, 0.4) is 0 Å². The predicted molar refractivity (Wildman–Crippen MR) is 59.1 cm³/mol. The first-order valence-electron chi connectivity index (χ1n) is 5.59. The number of hydrogen-bond donors (Lipinski definition) is 0. The first-order valence-corrected chi connectivity index (χ1v) is 5.59. The van der Waals surface area contributed by atoms with E-state index in [1.54, 1.807) is 6.92 Å². The van der Waals surface area contributed by atoms with E-state index in [9.17, 15) is 9.59 Å². The Morgan fingerprint density at radius 1 is 1.44 bits per heavy atom. The Bertz CT molecular complexity index is 295. The van der Waals surface area contributed by atoms with Gasteiger partial charge in [-0.05, 0) is 33.6 Å². The molecule has 0 bridgehead atoms.